The molecule has 1 saturated heterocycles. The van der Waals surface area contributed by atoms with Crippen LogP contribution < -0.4 is 5.59 Å². The van der Waals surface area contributed by atoms with Crippen molar-refractivity contribution in [3.63, 3.8) is 0 Å². The maximum Gasteiger partial charge on any atom is 0.514 e. The Labute approximate surface area is 134 Å². The van der Waals surface area contributed by atoms with Crippen molar-refractivity contribution in [1.29, 1.82) is 0 Å². The third kappa shape index (κ3) is 2.74. The van der Waals surface area contributed by atoms with E-state index in [2.05, 4.69) is 51.3 Å². The summed E-state index contributed by atoms with van der Waals surface area (Å²) in [6.45, 7) is 13.1. The van der Waals surface area contributed by atoms with E-state index in [1.54, 1.807) is 0 Å². The molecule has 0 radical (unpaired) electrons. The summed E-state index contributed by atoms with van der Waals surface area (Å²) in [5.41, 5.74) is 0.917. The summed E-state index contributed by atoms with van der Waals surface area (Å²) < 4.78 is 14.5. The van der Waals surface area contributed by atoms with Crippen LogP contribution in [0.1, 0.15) is 73.3 Å². The molecule has 0 aromatic carbocycles. The van der Waals surface area contributed by atoms with Crippen molar-refractivity contribution >= 4 is 12.7 Å². The Balaban J connectivity index is 1.79. The van der Waals surface area contributed by atoms with Crippen LogP contribution in [0, 0.1) is 5.41 Å². The predicted molar refractivity (Wildman–Crippen MR) is 89.2 cm³/mol. The Morgan fingerprint density at radius 2 is 1.59 bits per heavy atom. The highest BCUT2D eigenvalue weighted by Gasteiger charge is 2.53. The van der Waals surface area contributed by atoms with Gasteiger partial charge in [0.2, 0.25) is 0 Å². The number of hydrogen-bond acceptors (Lipinski definition) is 3. The third-order valence-corrected chi connectivity index (χ3v) is 5.85. The fourth-order valence-electron chi connectivity index (χ4n) is 3.41. The van der Waals surface area contributed by atoms with Crippen LogP contribution in [0.5, 0.6) is 0 Å². The Bertz CT molecular complexity index is 525. The molecule has 0 amide bonds. The minimum atomic E-state index is -0.317. The quantitative estimate of drug-likeness (QED) is 0.786. The first-order chi connectivity index (χ1) is 10.1. The maximum absolute atomic E-state index is 6.20. The molecule has 22 heavy (non-hydrogen) atoms. The third-order valence-electron chi connectivity index (χ3n) is 5.85. The van der Waals surface area contributed by atoms with Gasteiger partial charge in [-0.1, -0.05) is 13.8 Å². The summed E-state index contributed by atoms with van der Waals surface area (Å²) in [7, 11) is -0.317. The van der Waals surface area contributed by atoms with Crippen molar-refractivity contribution in [1.82, 2.24) is 9.78 Å². The highest BCUT2D eigenvalue weighted by Crippen LogP contribution is 2.40. The predicted octanol–water partition coefficient (Wildman–Crippen LogP) is 3.32. The first-order valence-electron chi connectivity index (χ1n) is 8.50. The van der Waals surface area contributed by atoms with Crippen molar-refractivity contribution in [2.75, 3.05) is 0 Å². The van der Waals surface area contributed by atoms with Gasteiger partial charge in [0.25, 0.3) is 0 Å². The number of rotatable bonds is 2. The van der Waals surface area contributed by atoms with Crippen LogP contribution in [-0.2, 0) is 9.31 Å². The minimum Gasteiger partial charge on any atom is -0.398 e. The molecule has 0 unspecified atom stereocenters. The Morgan fingerprint density at radius 3 is 2.14 bits per heavy atom. The van der Waals surface area contributed by atoms with Crippen LogP contribution in [0.25, 0.3) is 0 Å². The molecule has 1 aromatic rings. The molecule has 0 spiro atoms. The second-order valence-corrected chi connectivity index (χ2v) is 8.68. The zero-order valence-corrected chi connectivity index (χ0v) is 14.8. The van der Waals surface area contributed by atoms with E-state index in [9.17, 15) is 0 Å². The zero-order chi connectivity index (χ0) is 16.2. The van der Waals surface area contributed by atoms with Gasteiger partial charge >= 0.3 is 7.12 Å². The van der Waals surface area contributed by atoms with Crippen LogP contribution in [0.2, 0.25) is 0 Å². The zero-order valence-electron chi connectivity index (χ0n) is 14.8. The van der Waals surface area contributed by atoms with Gasteiger partial charge in [-0.05, 0) is 64.9 Å². The minimum absolute atomic E-state index is 0.304. The van der Waals surface area contributed by atoms with Crippen molar-refractivity contribution in [2.45, 2.75) is 84.5 Å². The fourth-order valence-corrected chi connectivity index (χ4v) is 3.41. The summed E-state index contributed by atoms with van der Waals surface area (Å²) in [4.78, 5) is 0. The largest absolute Gasteiger partial charge is 0.514 e. The molecule has 0 N–H and O–H groups in total. The van der Waals surface area contributed by atoms with E-state index in [1.165, 1.54) is 25.7 Å². The van der Waals surface area contributed by atoms with Gasteiger partial charge in [-0.25, -0.2) is 0 Å². The van der Waals surface area contributed by atoms with Gasteiger partial charge in [-0.3, -0.25) is 4.68 Å². The van der Waals surface area contributed by atoms with E-state index in [1.807, 2.05) is 12.3 Å². The first-order valence-corrected chi connectivity index (χ1v) is 8.50. The molecule has 4 nitrogen and oxygen atoms in total. The van der Waals surface area contributed by atoms with E-state index >= 15 is 0 Å². The van der Waals surface area contributed by atoms with Gasteiger partial charge in [0.1, 0.15) is 0 Å². The molecule has 0 atom stereocenters. The Morgan fingerprint density at radius 1 is 1.05 bits per heavy atom. The molecule has 1 aliphatic carbocycles. The molecular formula is C17H29BN2O2. The van der Waals surface area contributed by atoms with E-state index in [4.69, 9.17) is 9.31 Å². The summed E-state index contributed by atoms with van der Waals surface area (Å²) in [6, 6.07) is 2.51. The standard InChI is InChI=1S/C17H29BN2O2/c1-15(2)10-7-13(8-11-15)20-14(9-12-19-20)18-21-16(3,4)17(5,6)22-18/h9,12-13H,7-8,10-11H2,1-6H3. The molecule has 1 aliphatic heterocycles. The summed E-state index contributed by atoms with van der Waals surface area (Å²) in [6.07, 6.45) is 6.74. The topological polar surface area (TPSA) is 36.3 Å². The molecule has 1 aromatic heterocycles. The van der Waals surface area contributed by atoms with Gasteiger partial charge in [0, 0.05) is 6.20 Å². The normalized spacial score (nSPS) is 27.3. The highest BCUT2D eigenvalue weighted by molar-refractivity contribution is 6.61. The van der Waals surface area contributed by atoms with Crippen LogP contribution in [0.4, 0.5) is 0 Å². The van der Waals surface area contributed by atoms with Gasteiger partial charge < -0.3 is 9.31 Å². The number of aromatic nitrogens is 2. The smallest absolute Gasteiger partial charge is 0.398 e. The summed E-state index contributed by atoms with van der Waals surface area (Å²) in [5.74, 6) is 0. The van der Waals surface area contributed by atoms with Crippen molar-refractivity contribution < 1.29 is 9.31 Å². The average molecular weight is 304 g/mol. The first kappa shape index (κ1) is 16.1. The van der Waals surface area contributed by atoms with Gasteiger partial charge in [-0.2, -0.15) is 5.10 Å². The fraction of sp³-hybridized carbons (Fsp3) is 0.824. The molecule has 1 saturated carbocycles. The second kappa shape index (κ2) is 5.10. The lowest BCUT2D eigenvalue weighted by atomic mass is 9.75. The lowest BCUT2D eigenvalue weighted by Gasteiger charge is -2.35. The van der Waals surface area contributed by atoms with Crippen molar-refractivity contribution in [3.8, 4) is 0 Å². The number of nitrogens with zero attached hydrogens (tertiary/aromatic N) is 2. The van der Waals surface area contributed by atoms with Crippen LogP contribution in [-0.4, -0.2) is 28.1 Å². The molecule has 2 heterocycles. The summed E-state index contributed by atoms with van der Waals surface area (Å²) >= 11 is 0. The molecule has 3 rings (SSSR count). The summed E-state index contributed by atoms with van der Waals surface area (Å²) in [5, 5.41) is 4.58. The van der Waals surface area contributed by atoms with Crippen LogP contribution in [0.3, 0.4) is 0 Å². The van der Waals surface area contributed by atoms with Gasteiger partial charge in [0.15, 0.2) is 0 Å². The van der Waals surface area contributed by atoms with E-state index < -0.39 is 0 Å². The average Bonchev–Trinajstić information content (AvgIpc) is 2.93. The second-order valence-electron chi connectivity index (χ2n) is 8.68. The van der Waals surface area contributed by atoms with Crippen molar-refractivity contribution in [2.24, 2.45) is 5.41 Å². The van der Waals surface area contributed by atoms with E-state index in [0.29, 0.717) is 11.5 Å². The van der Waals surface area contributed by atoms with Crippen molar-refractivity contribution in [3.05, 3.63) is 12.3 Å². The SMILES string of the molecule is CC1(C)CCC(n2nccc2B2OC(C)(C)C(C)(C)O2)CC1. The van der Waals surface area contributed by atoms with Gasteiger partial charge in [-0.15, -0.1) is 0 Å². The molecular weight excluding hydrogens is 275 g/mol. The van der Waals surface area contributed by atoms with E-state index in [0.717, 1.165) is 5.59 Å². The highest BCUT2D eigenvalue weighted by atomic mass is 16.7. The van der Waals surface area contributed by atoms with E-state index in [-0.39, 0.29) is 18.3 Å². The van der Waals surface area contributed by atoms with Crippen LogP contribution in [0.15, 0.2) is 12.3 Å². The van der Waals surface area contributed by atoms with Gasteiger partial charge in [0.05, 0.1) is 22.8 Å². The Kier molecular flexibility index (Phi) is 3.72. The molecule has 5 heteroatoms. The molecule has 0 bridgehead atoms. The molecule has 2 aliphatic rings. The lowest BCUT2D eigenvalue weighted by molar-refractivity contribution is 0.00578. The molecule has 122 valence electrons. The molecule has 2 fully saturated rings. The number of hydrogen-bond donors (Lipinski definition) is 0. The maximum atomic E-state index is 6.20. The monoisotopic (exact) mass is 304 g/mol. The van der Waals surface area contributed by atoms with Crippen LogP contribution >= 0.6 is 0 Å². The Hall–Kier alpha value is -0.805. The lowest BCUT2D eigenvalue weighted by Crippen LogP contribution is -2.42.